The van der Waals surface area contributed by atoms with Crippen LogP contribution in [0.25, 0.3) is 0 Å². The first kappa shape index (κ1) is 17.8. The van der Waals surface area contributed by atoms with E-state index in [1.165, 1.54) is 11.1 Å². The van der Waals surface area contributed by atoms with E-state index in [1.807, 2.05) is 30.3 Å². The number of nitrogens with zero attached hydrogens (tertiary/aromatic N) is 2. The number of anilines is 2. The Labute approximate surface area is 163 Å². The largest absolute Gasteiger partial charge is 0.439 e. The van der Waals surface area contributed by atoms with Crippen molar-refractivity contribution >= 4 is 17.1 Å². The highest BCUT2D eigenvalue weighted by atomic mass is 16.4. The maximum atomic E-state index is 9.13. The van der Waals surface area contributed by atoms with Crippen molar-refractivity contribution in [3.05, 3.63) is 76.5 Å². The number of fused-ring (bicyclic) bond motifs is 1. The summed E-state index contributed by atoms with van der Waals surface area (Å²) in [5.41, 5.74) is 11.5. The highest BCUT2D eigenvalue weighted by molar-refractivity contribution is 6.12. The summed E-state index contributed by atoms with van der Waals surface area (Å²) in [4.78, 5) is 4.06. The van der Waals surface area contributed by atoms with Crippen molar-refractivity contribution < 1.29 is 4.42 Å². The molecule has 0 saturated heterocycles. The van der Waals surface area contributed by atoms with Gasteiger partial charge in [0.15, 0.2) is 11.7 Å². The van der Waals surface area contributed by atoms with E-state index in [1.54, 1.807) is 19.2 Å². The molecule has 0 saturated carbocycles. The molecule has 0 fully saturated rings. The molecule has 2 aromatic carbocycles. The number of aromatic nitrogens is 1. The molecule has 1 aromatic heterocycles. The average Bonchev–Trinajstić information content (AvgIpc) is 3.15. The molecule has 28 heavy (non-hydrogen) atoms. The lowest BCUT2D eigenvalue weighted by Gasteiger charge is -2.27. The zero-order valence-corrected chi connectivity index (χ0v) is 15.6. The van der Waals surface area contributed by atoms with E-state index in [-0.39, 0.29) is 11.8 Å². The monoisotopic (exact) mass is 371 g/mol. The van der Waals surface area contributed by atoms with Crippen LogP contribution in [0.2, 0.25) is 0 Å². The van der Waals surface area contributed by atoms with Gasteiger partial charge in [-0.15, -0.1) is 0 Å². The van der Waals surface area contributed by atoms with Crippen molar-refractivity contribution in [2.45, 2.75) is 32.2 Å². The van der Waals surface area contributed by atoms with Gasteiger partial charge in [-0.1, -0.05) is 6.07 Å². The molecule has 1 aliphatic rings. The van der Waals surface area contributed by atoms with E-state index < -0.39 is 0 Å². The summed E-state index contributed by atoms with van der Waals surface area (Å²) in [6.07, 6.45) is 4.61. The zero-order chi connectivity index (χ0) is 19.7. The smallest absolute Gasteiger partial charge is 0.191 e. The molecule has 1 aliphatic carbocycles. The van der Waals surface area contributed by atoms with Crippen LogP contribution in [0.15, 0.2) is 47.0 Å². The Morgan fingerprint density at radius 3 is 2.93 bits per heavy atom. The van der Waals surface area contributed by atoms with Crippen molar-refractivity contribution in [3.63, 3.8) is 0 Å². The number of hydrogen-bond donors (Lipinski definition) is 3. The number of aryl methyl sites for hydroxylation is 2. The molecule has 4 N–H and O–H groups in total. The van der Waals surface area contributed by atoms with E-state index in [4.69, 9.17) is 20.8 Å². The van der Waals surface area contributed by atoms with Crippen LogP contribution in [0.3, 0.4) is 0 Å². The molecule has 3 aromatic rings. The Balaban J connectivity index is 1.62. The normalized spacial score (nSPS) is 15.5. The molecule has 0 aliphatic heterocycles. The number of oxazole rings is 1. The fourth-order valence-electron chi connectivity index (χ4n) is 3.71. The van der Waals surface area contributed by atoms with Crippen molar-refractivity contribution in [2.24, 2.45) is 0 Å². The van der Waals surface area contributed by atoms with Crippen LogP contribution < -0.4 is 11.1 Å². The molecule has 1 atom stereocenters. The first-order chi connectivity index (χ1) is 13.5. The second kappa shape index (κ2) is 7.20. The Bertz CT molecular complexity index is 1090. The van der Waals surface area contributed by atoms with E-state index >= 15 is 0 Å². The van der Waals surface area contributed by atoms with Crippen LogP contribution in [0.1, 0.15) is 52.8 Å². The minimum Gasteiger partial charge on any atom is -0.439 e. The standard InChI is InChI=1S/C22H21N5O/c1-13-26-12-21(28-13)22(25)18-10-16(6-8-19(18)24)27-20-4-2-3-15-9-14(11-23)5-7-17(15)20/h5-10,12,20,25,27H,2-4,24H2,1H3. The van der Waals surface area contributed by atoms with Crippen LogP contribution in [0.4, 0.5) is 11.4 Å². The summed E-state index contributed by atoms with van der Waals surface area (Å²) in [6, 6.07) is 13.9. The van der Waals surface area contributed by atoms with E-state index in [0.29, 0.717) is 28.5 Å². The van der Waals surface area contributed by atoms with Gasteiger partial charge in [-0.05, 0) is 60.7 Å². The van der Waals surface area contributed by atoms with Gasteiger partial charge in [0.1, 0.15) is 5.71 Å². The van der Waals surface area contributed by atoms with Gasteiger partial charge < -0.3 is 15.5 Å². The fourth-order valence-corrected chi connectivity index (χ4v) is 3.71. The number of nitriles is 1. The lowest BCUT2D eigenvalue weighted by atomic mass is 9.86. The van der Waals surface area contributed by atoms with E-state index in [2.05, 4.69) is 16.4 Å². The summed E-state index contributed by atoms with van der Waals surface area (Å²) in [7, 11) is 0. The second-order valence-corrected chi connectivity index (χ2v) is 7.04. The molecule has 0 amide bonds. The number of benzene rings is 2. The molecule has 1 unspecified atom stereocenters. The summed E-state index contributed by atoms with van der Waals surface area (Å²) in [5, 5.41) is 21.1. The molecule has 1 heterocycles. The molecular formula is C22H21N5O. The molecule has 4 rings (SSSR count). The molecule has 0 bridgehead atoms. The van der Waals surface area contributed by atoms with Crippen molar-refractivity contribution in [1.82, 2.24) is 4.98 Å². The highest BCUT2D eigenvalue weighted by Crippen LogP contribution is 2.34. The van der Waals surface area contributed by atoms with Gasteiger partial charge in [0.05, 0.1) is 23.9 Å². The second-order valence-electron chi connectivity index (χ2n) is 7.04. The van der Waals surface area contributed by atoms with Gasteiger partial charge in [-0.3, -0.25) is 5.41 Å². The summed E-state index contributed by atoms with van der Waals surface area (Å²) in [5.74, 6) is 0.913. The minimum absolute atomic E-state index is 0.162. The van der Waals surface area contributed by atoms with Crippen molar-refractivity contribution in [1.29, 1.82) is 10.7 Å². The maximum absolute atomic E-state index is 9.13. The summed E-state index contributed by atoms with van der Waals surface area (Å²) >= 11 is 0. The predicted octanol–water partition coefficient (Wildman–Crippen LogP) is 4.34. The molecule has 6 heteroatoms. The van der Waals surface area contributed by atoms with Gasteiger partial charge in [-0.25, -0.2) is 4.98 Å². The number of nitrogens with two attached hydrogens (primary N) is 1. The lowest BCUT2D eigenvalue weighted by molar-refractivity contribution is 0.513. The molecule has 140 valence electrons. The zero-order valence-electron chi connectivity index (χ0n) is 15.6. The third-order valence-corrected chi connectivity index (χ3v) is 5.12. The van der Waals surface area contributed by atoms with Gasteiger partial charge >= 0.3 is 0 Å². The Morgan fingerprint density at radius 2 is 2.18 bits per heavy atom. The number of nitrogen functional groups attached to an aromatic ring is 1. The van der Waals surface area contributed by atoms with Crippen LogP contribution in [-0.2, 0) is 6.42 Å². The van der Waals surface area contributed by atoms with Gasteiger partial charge in [0.25, 0.3) is 0 Å². The lowest BCUT2D eigenvalue weighted by Crippen LogP contribution is -2.18. The van der Waals surface area contributed by atoms with Gasteiger partial charge in [-0.2, -0.15) is 5.26 Å². The van der Waals surface area contributed by atoms with Gasteiger partial charge in [0.2, 0.25) is 0 Å². The Morgan fingerprint density at radius 1 is 1.32 bits per heavy atom. The summed E-state index contributed by atoms with van der Waals surface area (Å²) in [6.45, 7) is 1.75. The molecule has 0 radical (unpaired) electrons. The first-order valence-electron chi connectivity index (χ1n) is 9.26. The van der Waals surface area contributed by atoms with Crippen LogP contribution >= 0.6 is 0 Å². The maximum Gasteiger partial charge on any atom is 0.191 e. The first-order valence-corrected chi connectivity index (χ1v) is 9.26. The van der Waals surface area contributed by atoms with Crippen LogP contribution in [0.5, 0.6) is 0 Å². The third-order valence-electron chi connectivity index (χ3n) is 5.12. The predicted molar refractivity (Wildman–Crippen MR) is 108 cm³/mol. The van der Waals surface area contributed by atoms with Crippen LogP contribution in [0, 0.1) is 23.7 Å². The molecule has 6 nitrogen and oxygen atoms in total. The number of nitrogens with one attached hydrogen (secondary N) is 2. The highest BCUT2D eigenvalue weighted by Gasteiger charge is 2.21. The topological polar surface area (TPSA) is 112 Å². The Hall–Kier alpha value is -3.59. The van der Waals surface area contributed by atoms with E-state index in [0.717, 1.165) is 24.9 Å². The van der Waals surface area contributed by atoms with Crippen LogP contribution in [-0.4, -0.2) is 10.7 Å². The number of rotatable bonds is 4. The van der Waals surface area contributed by atoms with E-state index in [9.17, 15) is 0 Å². The number of hydrogen-bond acceptors (Lipinski definition) is 6. The molecule has 0 spiro atoms. The molecular weight excluding hydrogens is 350 g/mol. The van der Waals surface area contributed by atoms with Gasteiger partial charge in [0, 0.05) is 23.9 Å². The SMILES string of the molecule is Cc1ncc(C(=N)c2cc(NC3CCCc4cc(C#N)ccc43)ccc2N)o1. The third kappa shape index (κ3) is 3.35. The van der Waals surface area contributed by atoms with Crippen molar-refractivity contribution in [3.8, 4) is 6.07 Å². The quantitative estimate of drug-likeness (QED) is 0.466. The fraction of sp³-hybridized carbons (Fsp3) is 0.227. The minimum atomic E-state index is 0.162. The summed E-state index contributed by atoms with van der Waals surface area (Å²) < 4.78 is 5.47. The average molecular weight is 371 g/mol. The van der Waals surface area contributed by atoms with Crippen molar-refractivity contribution in [2.75, 3.05) is 11.1 Å². The Kier molecular flexibility index (Phi) is 4.58.